The zero-order valence-electron chi connectivity index (χ0n) is 16.5. The van der Waals surface area contributed by atoms with Crippen molar-refractivity contribution in [2.24, 2.45) is 0 Å². The van der Waals surface area contributed by atoms with Crippen LogP contribution in [0, 0.1) is 11.3 Å². The van der Waals surface area contributed by atoms with Gasteiger partial charge in [0, 0.05) is 5.56 Å². The highest BCUT2D eigenvalue weighted by Crippen LogP contribution is 2.35. The number of imide groups is 1. The molecule has 0 unspecified atom stereocenters. The molecule has 0 saturated carbocycles. The maximum Gasteiger partial charge on any atom is 0.323 e. The molecule has 0 radical (unpaired) electrons. The number of nitriles is 1. The van der Waals surface area contributed by atoms with Crippen LogP contribution < -0.4 is 9.47 Å². The summed E-state index contributed by atoms with van der Waals surface area (Å²) in [7, 11) is 0. The molecular formula is C22H18N2O6S. The zero-order chi connectivity index (χ0) is 22.4. The first kappa shape index (κ1) is 21.9. The van der Waals surface area contributed by atoms with Crippen molar-refractivity contribution in [3.8, 4) is 17.6 Å². The molecule has 1 fully saturated rings. The van der Waals surface area contributed by atoms with Crippen molar-refractivity contribution in [2.45, 2.75) is 13.5 Å². The van der Waals surface area contributed by atoms with Gasteiger partial charge in [-0.25, -0.2) is 0 Å². The highest BCUT2D eigenvalue weighted by atomic mass is 32.2. The standard InChI is InChI=1S/C22H18N2O6S/c1-2-29-18-9-14(10-19-21(27)24(12-20(25)26)22(28)31-19)7-8-17(18)30-13-16-6-4-3-5-15(16)11-23/h3-10H,2,12-13H2,1H3,(H,25,26)/b19-10+. The molecular weight excluding hydrogens is 420 g/mol. The van der Waals surface area contributed by atoms with E-state index in [0.717, 1.165) is 5.56 Å². The molecule has 9 heteroatoms. The van der Waals surface area contributed by atoms with E-state index in [9.17, 15) is 19.6 Å². The van der Waals surface area contributed by atoms with Crippen molar-refractivity contribution in [3.63, 3.8) is 0 Å². The number of hydrogen-bond donors (Lipinski definition) is 1. The quantitative estimate of drug-likeness (QED) is 0.621. The Labute approximate surface area is 182 Å². The van der Waals surface area contributed by atoms with Crippen LogP contribution in [0.5, 0.6) is 11.5 Å². The molecule has 158 valence electrons. The van der Waals surface area contributed by atoms with Crippen LogP contribution >= 0.6 is 11.8 Å². The number of aliphatic carboxylic acids is 1. The summed E-state index contributed by atoms with van der Waals surface area (Å²) in [5.74, 6) is -1.01. The van der Waals surface area contributed by atoms with E-state index in [4.69, 9.17) is 14.6 Å². The third-order valence-electron chi connectivity index (χ3n) is 4.25. The van der Waals surface area contributed by atoms with Crippen LogP contribution in [0.2, 0.25) is 0 Å². The summed E-state index contributed by atoms with van der Waals surface area (Å²) in [5.41, 5.74) is 1.85. The van der Waals surface area contributed by atoms with Crippen LogP contribution in [0.1, 0.15) is 23.6 Å². The monoisotopic (exact) mass is 438 g/mol. The van der Waals surface area contributed by atoms with E-state index in [0.29, 0.717) is 45.9 Å². The molecule has 31 heavy (non-hydrogen) atoms. The number of thioether (sulfide) groups is 1. The number of carbonyl (C=O) groups is 3. The molecule has 2 amide bonds. The number of rotatable bonds is 8. The second-order valence-electron chi connectivity index (χ2n) is 6.36. The van der Waals surface area contributed by atoms with Crippen molar-refractivity contribution >= 4 is 35.0 Å². The van der Waals surface area contributed by atoms with Crippen LogP contribution in [0.4, 0.5) is 4.79 Å². The van der Waals surface area contributed by atoms with Gasteiger partial charge in [-0.3, -0.25) is 19.3 Å². The third kappa shape index (κ3) is 5.24. The molecule has 2 aromatic rings. The number of amides is 2. The largest absolute Gasteiger partial charge is 0.490 e. The fraction of sp³-hybridized carbons (Fsp3) is 0.182. The number of hydrogen-bond acceptors (Lipinski definition) is 7. The van der Waals surface area contributed by atoms with Crippen molar-refractivity contribution in [2.75, 3.05) is 13.2 Å². The number of nitrogens with zero attached hydrogens (tertiary/aromatic N) is 2. The summed E-state index contributed by atoms with van der Waals surface area (Å²) in [5, 5.41) is 17.4. The Morgan fingerprint density at radius 2 is 1.97 bits per heavy atom. The van der Waals surface area contributed by atoms with Gasteiger partial charge in [-0.15, -0.1) is 0 Å². The first-order chi connectivity index (χ1) is 14.9. The topological polar surface area (TPSA) is 117 Å². The predicted molar refractivity (Wildman–Crippen MR) is 113 cm³/mol. The van der Waals surface area contributed by atoms with Crippen LogP contribution in [0.3, 0.4) is 0 Å². The van der Waals surface area contributed by atoms with Crippen molar-refractivity contribution in [1.29, 1.82) is 5.26 Å². The van der Waals surface area contributed by atoms with E-state index < -0.39 is 23.7 Å². The van der Waals surface area contributed by atoms with Crippen molar-refractivity contribution in [3.05, 3.63) is 64.1 Å². The Hall–Kier alpha value is -3.77. The van der Waals surface area contributed by atoms with E-state index in [2.05, 4.69) is 6.07 Å². The Balaban J connectivity index is 1.81. The number of carbonyl (C=O) groups excluding carboxylic acids is 2. The summed E-state index contributed by atoms with van der Waals surface area (Å²) in [6, 6.07) is 14.3. The average Bonchev–Trinajstić information content (AvgIpc) is 3.00. The SMILES string of the molecule is CCOc1cc(/C=C2/SC(=O)N(CC(=O)O)C2=O)ccc1OCc1ccccc1C#N. The molecule has 8 nitrogen and oxygen atoms in total. The lowest BCUT2D eigenvalue weighted by Gasteiger charge is -2.13. The summed E-state index contributed by atoms with van der Waals surface area (Å²) in [6.45, 7) is 1.70. The van der Waals surface area contributed by atoms with Gasteiger partial charge in [0.1, 0.15) is 13.2 Å². The molecule has 0 atom stereocenters. The summed E-state index contributed by atoms with van der Waals surface area (Å²) in [6.07, 6.45) is 1.50. The van der Waals surface area contributed by atoms with E-state index in [1.807, 2.05) is 13.0 Å². The maximum absolute atomic E-state index is 12.3. The molecule has 1 N–H and O–H groups in total. The number of carboxylic acids is 1. The van der Waals surface area contributed by atoms with E-state index in [1.54, 1.807) is 36.4 Å². The predicted octanol–water partition coefficient (Wildman–Crippen LogP) is 3.66. The summed E-state index contributed by atoms with van der Waals surface area (Å²) in [4.78, 5) is 35.9. The minimum atomic E-state index is -1.26. The molecule has 2 aromatic carbocycles. The number of ether oxygens (including phenoxy) is 2. The number of carboxylic acid groups (broad SMARTS) is 1. The van der Waals surface area contributed by atoms with Crippen LogP contribution in [-0.2, 0) is 16.2 Å². The van der Waals surface area contributed by atoms with Crippen molar-refractivity contribution < 1.29 is 29.0 Å². The van der Waals surface area contributed by atoms with Gasteiger partial charge in [0.25, 0.3) is 11.1 Å². The van der Waals surface area contributed by atoms with E-state index in [-0.39, 0.29) is 11.5 Å². The summed E-state index contributed by atoms with van der Waals surface area (Å²) >= 11 is 0.686. The summed E-state index contributed by atoms with van der Waals surface area (Å²) < 4.78 is 11.5. The van der Waals surface area contributed by atoms with Crippen molar-refractivity contribution in [1.82, 2.24) is 4.90 Å². The lowest BCUT2D eigenvalue weighted by atomic mass is 10.1. The smallest absolute Gasteiger partial charge is 0.323 e. The highest BCUT2D eigenvalue weighted by Gasteiger charge is 2.36. The highest BCUT2D eigenvalue weighted by molar-refractivity contribution is 8.18. The minimum absolute atomic E-state index is 0.130. The molecule has 1 saturated heterocycles. The van der Waals surface area contributed by atoms with E-state index in [1.165, 1.54) is 6.08 Å². The van der Waals surface area contributed by atoms with Gasteiger partial charge in [-0.05, 0) is 48.5 Å². The molecule has 1 aliphatic rings. The normalized spacial score (nSPS) is 14.6. The molecule has 1 aliphatic heterocycles. The third-order valence-corrected chi connectivity index (χ3v) is 5.16. The van der Waals surface area contributed by atoms with Gasteiger partial charge < -0.3 is 14.6 Å². The molecule has 1 heterocycles. The van der Waals surface area contributed by atoms with Gasteiger partial charge >= 0.3 is 5.97 Å². The molecule has 0 aliphatic carbocycles. The molecule has 0 spiro atoms. The first-order valence-corrected chi connectivity index (χ1v) is 10.1. The second-order valence-corrected chi connectivity index (χ2v) is 7.35. The zero-order valence-corrected chi connectivity index (χ0v) is 17.3. The Bertz CT molecular complexity index is 1110. The van der Waals surface area contributed by atoms with Crippen LogP contribution in [0.15, 0.2) is 47.4 Å². The second kappa shape index (κ2) is 9.82. The van der Waals surface area contributed by atoms with E-state index >= 15 is 0 Å². The van der Waals surface area contributed by atoms with Gasteiger partial charge in [0.15, 0.2) is 11.5 Å². The fourth-order valence-electron chi connectivity index (χ4n) is 2.84. The van der Waals surface area contributed by atoms with Gasteiger partial charge in [-0.2, -0.15) is 5.26 Å². The number of benzene rings is 2. The lowest BCUT2D eigenvalue weighted by Crippen LogP contribution is -2.33. The maximum atomic E-state index is 12.3. The van der Waals surface area contributed by atoms with Crippen LogP contribution in [0.25, 0.3) is 6.08 Å². The molecule has 0 bridgehead atoms. The van der Waals surface area contributed by atoms with Crippen LogP contribution in [-0.4, -0.2) is 40.3 Å². The Kier molecular flexibility index (Phi) is 6.95. The molecule has 0 aromatic heterocycles. The van der Waals surface area contributed by atoms with Gasteiger partial charge in [0.05, 0.1) is 23.1 Å². The average molecular weight is 438 g/mol. The molecule has 3 rings (SSSR count). The lowest BCUT2D eigenvalue weighted by molar-refractivity contribution is -0.140. The Morgan fingerprint density at radius 1 is 1.19 bits per heavy atom. The minimum Gasteiger partial charge on any atom is -0.490 e. The Morgan fingerprint density at radius 3 is 2.68 bits per heavy atom. The fourth-order valence-corrected chi connectivity index (χ4v) is 3.67. The van der Waals surface area contributed by atoms with Gasteiger partial charge in [0.2, 0.25) is 0 Å². The first-order valence-electron chi connectivity index (χ1n) is 9.27. The van der Waals surface area contributed by atoms with Gasteiger partial charge in [-0.1, -0.05) is 24.3 Å².